The minimum absolute atomic E-state index is 0.0469. The van der Waals surface area contributed by atoms with Crippen LogP contribution in [-0.4, -0.2) is 35.0 Å². The maximum atomic E-state index is 13.1. The molecule has 1 fully saturated rings. The number of carbonyl (C=O) groups is 1. The molecular weight excluding hydrogens is 413 g/mol. The van der Waals surface area contributed by atoms with E-state index < -0.39 is 0 Å². The summed E-state index contributed by atoms with van der Waals surface area (Å²) < 4.78 is 24.2. The molecular formula is C23H24FN5O3. The van der Waals surface area contributed by atoms with Crippen LogP contribution in [0.25, 0.3) is 11.3 Å². The second kappa shape index (κ2) is 9.51. The van der Waals surface area contributed by atoms with Gasteiger partial charge in [0.2, 0.25) is 5.91 Å². The van der Waals surface area contributed by atoms with Crippen LogP contribution in [0.15, 0.2) is 59.1 Å². The number of nitrogens with one attached hydrogen (secondary N) is 2. The standard InChI is InChI=1S/C23H24FN5O3/c24-17-6-4-15(5-7-17)21-13-19(28-32-21)14-31-20-3-1-2-18(12-20)27-22(30)16-8-10-29(11-9-16)23(25)26/h1-7,12-13,16H,8-11,14H2,(H3,25,26)(H,27,30). The molecule has 2 aromatic carbocycles. The smallest absolute Gasteiger partial charge is 0.227 e. The molecule has 0 saturated carbocycles. The quantitative estimate of drug-likeness (QED) is 0.401. The molecule has 4 N–H and O–H groups in total. The number of anilines is 1. The van der Waals surface area contributed by atoms with E-state index >= 15 is 0 Å². The summed E-state index contributed by atoms with van der Waals surface area (Å²) in [4.78, 5) is 14.4. The number of rotatable bonds is 6. The summed E-state index contributed by atoms with van der Waals surface area (Å²) in [6.45, 7) is 1.40. The third-order valence-corrected chi connectivity index (χ3v) is 5.38. The van der Waals surface area contributed by atoms with Crippen LogP contribution in [0, 0.1) is 17.1 Å². The van der Waals surface area contributed by atoms with Crippen LogP contribution >= 0.6 is 0 Å². The normalized spacial score (nSPS) is 14.2. The van der Waals surface area contributed by atoms with E-state index in [1.54, 1.807) is 47.4 Å². The molecule has 1 amide bonds. The van der Waals surface area contributed by atoms with Gasteiger partial charge in [-0.2, -0.15) is 0 Å². The number of halogens is 1. The lowest BCUT2D eigenvalue weighted by Gasteiger charge is -2.31. The van der Waals surface area contributed by atoms with E-state index in [1.807, 2.05) is 0 Å². The third kappa shape index (κ3) is 5.23. The maximum Gasteiger partial charge on any atom is 0.227 e. The van der Waals surface area contributed by atoms with Crippen molar-refractivity contribution in [1.82, 2.24) is 10.1 Å². The number of aromatic nitrogens is 1. The molecule has 1 aliphatic heterocycles. The molecule has 0 spiro atoms. The Morgan fingerprint density at radius 2 is 1.97 bits per heavy atom. The first-order valence-corrected chi connectivity index (χ1v) is 10.3. The van der Waals surface area contributed by atoms with Gasteiger partial charge in [0.1, 0.15) is 23.9 Å². The molecule has 32 heavy (non-hydrogen) atoms. The third-order valence-electron chi connectivity index (χ3n) is 5.38. The van der Waals surface area contributed by atoms with Gasteiger partial charge < -0.3 is 25.2 Å². The van der Waals surface area contributed by atoms with E-state index in [2.05, 4.69) is 10.5 Å². The van der Waals surface area contributed by atoms with Crippen molar-refractivity contribution in [2.24, 2.45) is 11.7 Å². The summed E-state index contributed by atoms with van der Waals surface area (Å²) in [5.41, 5.74) is 7.47. The van der Waals surface area contributed by atoms with Crippen LogP contribution in [0.5, 0.6) is 5.75 Å². The monoisotopic (exact) mass is 437 g/mol. The fourth-order valence-corrected chi connectivity index (χ4v) is 3.58. The van der Waals surface area contributed by atoms with Crippen molar-refractivity contribution in [2.75, 3.05) is 18.4 Å². The minimum atomic E-state index is -0.315. The molecule has 2 heterocycles. The zero-order chi connectivity index (χ0) is 22.5. The highest BCUT2D eigenvalue weighted by Gasteiger charge is 2.25. The van der Waals surface area contributed by atoms with Crippen LogP contribution < -0.4 is 15.8 Å². The Labute approximate surface area is 184 Å². The molecule has 166 valence electrons. The molecule has 0 unspecified atom stereocenters. The predicted octanol–water partition coefficient (Wildman–Crippen LogP) is 3.60. The molecule has 1 aromatic heterocycles. The van der Waals surface area contributed by atoms with Gasteiger partial charge >= 0.3 is 0 Å². The van der Waals surface area contributed by atoms with Crippen LogP contribution in [0.2, 0.25) is 0 Å². The van der Waals surface area contributed by atoms with Gasteiger partial charge in [0, 0.05) is 42.4 Å². The summed E-state index contributed by atoms with van der Waals surface area (Å²) in [6.07, 6.45) is 1.31. The highest BCUT2D eigenvalue weighted by atomic mass is 19.1. The SMILES string of the molecule is N=C(N)N1CCC(C(=O)Nc2cccc(OCc3cc(-c4ccc(F)cc4)on3)c2)CC1. The summed E-state index contributed by atoms with van der Waals surface area (Å²) in [7, 11) is 0. The summed E-state index contributed by atoms with van der Waals surface area (Å²) >= 11 is 0. The number of hydrogen-bond acceptors (Lipinski definition) is 5. The van der Waals surface area contributed by atoms with Gasteiger partial charge in [0.05, 0.1) is 0 Å². The van der Waals surface area contributed by atoms with Crippen molar-refractivity contribution in [3.05, 3.63) is 66.1 Å². The lowest BCUT2D eigenvalue weighted by Crippen LogP contribution is -2.44. The minimum Gasteiger partial charge on any atom is -0.487 e. The predicted molar refractivity (Wildman–Crippen MR) is 118 cm³/mol. The molecule has 0 atom stereocenters. The van der Waals surface area contributed by atoms with E-state index in [1.165, 1.54) is 12.1 Å². The molecule has 0 bridgehead atoms. The van der Waals surface area contributed by atoms with Crippen molar-refractivity contribution < 1.29 is 18.4 Å². The van der Waals surface area contributed by atoms with Crippen LogP contribution in [0.4, 0.5) is 10.1 Å². The Morgan fingerprint density at radius 3 is 2.69 bits per heavy atom. The van der Waals surface area contributed by atoms with Gasteiger partial charge in [0.25, 0.3) is 0 Å². The average Bonchev–Trinajstić information content (AvgIpc) is 3.27. The van der Waals surface area contributed by atoms with E-state index in [4.69, 9.17) is 20.4 Å². The maximum absolute atomic E-state index is 13.1. The summed E-state index contributed by atoms with van der Waals surface area (Å²) in [5, 5.41) is 14.4. The van der Waals surface area contributed by atoms with Gasteiger partial charge in [-0.15, -0.1) is 0 Å². The highest BCUT2D eigenvalue weighted by Crippen LogP contribution is 2.24. The Hall–Kier alpha value is -3.88. The number of benzene rings is 2. The zero-order valence-corrected chi connectivity index (χ0v) is 17.4. The van der Waals surface area contributed by atoms with Crippen LogP contribution in [0.3, 0.4) is 0 Å². The largest absolute Gasteiger partial charge is 0.487 e. The zero-order valence-electron chi connectivity index (χ0n) is 17.4. The second-order valence-electron chi connectivity index (χ2n) is 7.64. The van der Waals surface area contributed by atoms with Gasteiger partial charge in [0.15, 0.2) is 11.7 Å². The van der Waals surface area contributed by atoms with Crippen LogP contribution in [0.1, 0.15) is 18.5 Å². The molecule has 1 aliphatic rings. The van der Waals surface area contributed by atoms with Crippen molar-refractivity contribution >= 4 is 17.6 Å². The Morgan fingerprint density at radius 1 is 1.22 bits per heavy atom. The van der Waals surface area contributed by atoms with Crippen LogP contribution in [-0.2, 0) is 11.4 Å². The highest BCUT2D eigenvalue weighted by molar-refractivity contribution is 5.93. The Kier molecular flexibility index (Phi) is 6.34. The number of nitrogens with zero attached hydrogens (tertiary/aromatic N) is 2. The van der Waals surface area contributed by atoms with Crippen molar-refractivity contribution in [1.29, 1.82) is 5.41 Å². The molecule has 3 aromatic rings. The second-order valence-corrected chi connectivity index (χ2v) is 7.64. The Bertz CT molecular complexity index is 1090. The average molecular weight is 437 g/mol. The first-order valence-electron chi connectivity index (χ1n) is 10.3. The first-order chi connectivity index (χ1) is 15.5. The summed E-state index contributed by atoms with van der Waals surface area (Å²) in [5.74, 6) is 0.679. The van der Waals surface area contributed by atoms with Gasteiger partial charge in [-0.25, -0.2) is 4.39 Å². The molecule has 9 heteroatoms. The topological polar surface area (TPSA) is 117 Å². The molecule has 8 nitrogen and oxygen atoms in total. The number of ether oxygens (including phenoxy) is 1. The number of carbonyl (C=O) groups excluding carboxylic acids is 1. The summed E-state index contributed by atoms with van der Waals surface area (Å²) in [6, 6.07) is 14.9. The number of hydrogen-bond donors (Lipinski definition) is 3. The fourth-order valence-electron chi connectivity index (χ4n) is 3.58. The molecule has 1 saturated heterocycles. The number of likely N-dealkylation sites (tertiary alicyclic amines) is 1. The molecule has 0 radical (unpaired) electrons. The molecule has 0 aliphatic carbocycles. The lowest BCUT2D eigenvalue weighted by atomic mass is 9.96. The van der Waals surface area contributed by atoms with Gasteiger partial charge in [-0.3, -0.25) is 10.2 Å². The van der Waals surface area contributed by atoms with Crippen molar-refractivity contribution in [3.63, 3.8) is 0 Å². The van der Waals surface area contributed by atoms with Crippen molar-refractivity contribution in [2.45, 2.75) is 19.4 Å². The van der Waals surface area contributed by atoms with E-state index in [-0.39, 0.29) is 30.2 Å². The van der Waals surface area contributed by atoms with Crippen molar-refractivity contribution in [3.8, 4) is 17.1 Å². The van der Waals surface area contributed by atoms with E-state index in [0.717, 1.165) is 5.56 Å². The fraction of sp³-hybridized carbons (Fsp3) is 0.261. The first kappa shape index (κ1) is 21.4. The van der Waals surface area contributed by atoms with Gasteiger partial charge in [-0.05, 0) is 49.2 Å². The number of nitrogens with two attached hydrogens (primary N) is 1. The molecule has 4 rings (SSSR count). The van der Waals surface area contributed by atoms with Gasteiger partial charge in [-0.1, -0.05) is 11.2 Å². The van der Waals surface area contributed by atoms with E-state index in [9.17, 15) is 9.18 Å². The number of amides is 1. The Balaban J connectivity index is 1.31. The van der Waals surface area contributed by atoms with E-state index in [0.29, 0.717) is 48.8 Å². The number of piperidine rings is 1. The number of guanidine groups is 1. The lowest BCUT2D eigenvalue weighted by molar-refractivity contribution is -0.121.